The second kappa shape index (κ2) is 9.45. The first-order valence-electron chi connectivity index (χ1n) is 8.79. The molecule has 1 aliphatic heterocycles. The van der Waals surface area contributed by atoms with Crippen molar-refractivity contribution in [3.63, 3.8) is 0 Å². The molecule has 0 atom stereocenters. The Morgan fingerprint density at radius 1 is 1.11 bits per heavy atom. The van der Waals surface area contributed by atoms with Gasteiger partial charge in [-0.3, -0.25) is 4.79 Å². The second-order valence-electron chi connectivity index (χ2n) is 6.41. The van der Waals surface area contributed by atoms with Gasteiger partial charge in [0.05, 0.1) is 18.1 Å². The molecule has 0 saturated carbocycles. The van der Waals surface area contributed by atoms with Gasteiger partial charge in [0.15, 0.2) is 0 Å². The number of amides is 1. The van der Waals surface area contributed by atoms with Crippen LogP contribution in [0.15, 0.2) is 41.3 Å². The fourth-order valence-corrected chi connectivity index (χ4v) is 3.99. The van der Waals surface area contributed by atoms with Crippen molar-refractivity contribution in [1.29, 1.82) is 0 Å². The summed E-state index contributed by atoms with van der Waals surface area (Å²) in [6.07, 6.45) is 2.47. The molecule has 0 unspecified atom stereocenters. The van der Waals surface area contributed by atoms with E-state index in [1.54, 1.807) is 24.3 Å². The molecule has 28 heavy (non-hydrogen) atoms. The maximum Gasteiger partial charge on any atom is 0.263 e. The fourth-order valence-electron chi connectivity index (χ4n) is 2.77. The van der Waals surface area contributed by atoms with Crippen molar-refractivity contribution in [3.05, 3.63) is 63.0 Å². The number of benzene rings is 2. The zero-order chi connectivity index (χ0) is 20.1. The van der Waals surface area contributed by atoms with Crippen LogP contribution in [0.4, 0.5) is 0 Å². The normalized spacial score (nSPS) is 15.0. The molecule has 0 aliphatic carbocycles. The first-order valence-corrected chi connectivity index (χ1v) is 10.4. The van der Waals surface area contributed by atoms with Gasteiger partial charge in [-0.1, -0.05) is 41.6 Å². The highest BCUT2D eigenvalue weighted by atomic mass is 35.5. The van der Waals surface area contributed by atoms with Gasteiger partial charge in [0, 0.05) is 17.0 Å². The molecule has 1 heterocycles. The Morgan fingerprint density at radius 3 is 2.50 bits per heavy atom. The number of halogens is 1. The van der Waals surface area contributed by atoms with Gasteiger partial charge in [-0.05, 0) is 61.4 Å². The Hall–Kier alpha value is -2.02. The van der Waals surface area contributed by atoms with E-state index in [9.17, 15) is 4.79 Å². The summed E-state index contributed by atoms with van der Waals surface area (Å²) in [5.41, 5.74) is 3.10. The monoisotopic (exact) mass is 433 g/mol. The van der Waals surface area contributed by atoms with Gasteiger partial charge in [-0.25, -0.2) is 0 Å². The molecule has 0 aromatic heterocycles. The van der Waals surface area contributed by atoms with Gasteiger partial charge in [0.25, 0.3) is 5.91 Å². The highest BCUT2D eigenvalue weighted by Crippen LogP contribution is 2.31. The number of nitrogens with one attached hydrogen (secondary N) is 1. The summed E-state index contributed by atoms with van der Waals surface area (Å²) in [5.74, 6) is 1.33. The number of thiocarbonyl (C=S) groups is 1. The van der Waals surface area contributed by atoms with E-state index in [0.29, 0.717) is 33.2 Å². The van der Waals surface area contributed by atoms with Gasteiger partial charge in [0.2, 0.25) is 0 Å². The van der Waals surface area contributed by atoms with Gasteiger partial charge in [0.1, 0.15) is 15.8 Å². The number of aryl methyl sites for hydroxylation is 2. The number of hydrogen-bond acceptors (Lipinski definition) is 5. The van der Waals surface area contributed by atoms with Crippen LogP contribution in [-0.2, 0) is 4.79 Å². The van der Waals surface area contributed by atoms with Crippen LogP contribution in [0.1, 0.15) is 23.1 Å². The van der Waals surface area contributed by atoms with Crippen LogP contribution < -0.4 is 14.8 Å². The molecule has 146 valence electrons. The number of ether oxygens (including phenoxy) is 2. The summed E-state index contributed by atoms with van der Waals surface area (Å²) in [5, 5.41) is 3.17. The number of thioether (sulfide) groups is 1. The summed E-state index contributed by atoms with van der Waals surface area (Å²) < 4.78 is 12.1. The van der Waals surface area contributed by atoms with Crippen molar-refractivity contribution in [3.8, 4) is 11.5 Å². The smallest absolute Gasteiger partial charge is 0.263 e. The molecular formula is C21H20ClNO3S2. The lowest BCUT2D eigenvalue weighted by atomic mass is 10.1. The molecule has 1 aliphatic rings. The van der Waals surface area contributed by atoms with E-state index >= 15 is 0 Å². The van der Waals surface area contributed by atoms with Crippen LogP contribution in [-0.4, -0.2) is 23.4 Å². The molecule has 1 N–H and O–H groups in total. The summed E-state index contributed by atoms with van der Waals surface area (Å²) in [6.45, 7) is 5.14. The molecule has 2 aromatic rings. The first-order chi connectivity index (χ1) is 13.4. The van der Waals surface area contributed by atoms with E-state index < -0.39 is 0 Å². The highest BCUT2D eigenvalue weighted by molar-refractivity contribution is 8.26. The third kappa shape index (κ3) is 5.74. The standard InChI is InChI=1S/C21H20ClNO3S2/c1-13-8-14(2)10-17(9-13)25-6-3-7-26-18-5-4-16(22)11-15(18)12-19-20(24)23-21(27)28-19/h4-5,8-12H,3,6-7H2,1-2H3,(H,23,24,27)/b19-12+. The molecule has 1 amide bonds. The minimum atomic E-state index is -0.206. The van der Waals surface area contributed by atoms with Crippen LogP contribution in [0.2, 0.25) is 5.02 Å². The molecule has 1 fully saturated rings. The van der Waals surface area contributed by atoms with Crippen molar-refractivity contribution in [2.45, 2.75) is 20.3 Å². The molecule has 4 nitrogen and oxygen atoms in total. The predicted octanol–water partition coefficient (Wildman–Crippen LogP) is 5.29. The number of carbonyl (C=O) groups excluding carboxylic acids is 1. The van der Waals surface area contributed by atoms with Gasteiger partial charge >= 0.3 is 0 Å². The van der Waals surface area contributed by atoms with Crippen molar-refractivity contribution in [2.75, 3.05) is 13.2 Å². The largest absolute Gasteiger partial charge is 0.493 e. The molecule has 0 spiro atoms. The second-order valence-corrected chi connectivity index (χ2v) is 8.56. The van der Waals surface area contributed by atoms with Crippen molar-refractivity contribution < 1.29 is 14.3 Å². The lowest BCUT2D eigenvalue weighted by Crippen LogP contribution is -2.17. The Balaban J connectivity index is 1.58. The molecule has 0 bridgehead atoms. The van der Waals surface area contributed by atoms with E-state index in [0.717, 1.165) is 17.7 Å². The number of carbonyl (C=O) groups is 1. The van der Waals surface area contributed by atoms with Crippen LogP contribution in [0, 0.1) is 13.8 Å². The lowest BCUT2D eigenvalue weighted by Gasteiger charge is -2.11. The van der Waals surface area contributed by atoms with Crippen LogP contribution in [0.25, 0.3) is 6.08 Å². The molecule has 2 aromatic carbocycles. The van der Waals surface area contributed by atoms with Crippen molar-refractivity contribution in [1.82, 2.24) is 5.32 Å². The molecule has 1 saturated heterocycles. The van der Waals surface area contributed by atoms with Gasteiger partial charge in [-0.2, -0.15) is 0 Å². The van der Waals surface area contributed by atoms with Crippen LogP contribution in [0.3, 0.4) is 0 Å². The average Bonchev–Trinajstić information content (AvgIpc) is 2.92. The summed E-state index contributed by atoms with van der Waals surface area (Å²) in [6, 6.07) is 11.5. The third-order valence-electron chi connectivity index (χ3n) is 3.91. The molecule has 0 radical (unpaired) electrons. The first kappa shape index (κ1) is 20.7. The van der Waals surface area contributed by atoms with Crippen LogP contribution in [0.5, 0.6) is 11.5 Å². The minimum Gasteiger partial charge on any atom is -0.493 e. The predicted molar refractivity (Wildman–Crippen MR) is 119 cm³/mol. The third-order valence-corrected chi connectivity index (χ3v) is 5.31. The lowest BCUT2D eigenvalue weighted by molar-refractivity contribution is -0.115. The molecule has 3 rings (SSSR count). The Kier molecular flexibility index (Phi) is 6.99. The van der Waals surface area contributed by atoms with Crippen LogP contribution >= 0.6 is 35.6 Å². The quantitative estimate of drug-likeness (QED) is 0.365. The number of hydrogen-bond donors (Lipinski definition) is 1. The SMILES string of the molecule is Cc1cc(C)cc(OCCCOc2ccc(Cl)cc2/C=C2/SC(=S)NC2=O)c1. The van der Waals surface area contributed by atoms with Crippen molar-refractivity contribution >= 4 is 51.9 Å². The summed E-state index contributed by atoms with van der Waals surface area (Å²) in [4.78, 5) is 12.4. The topological polar surface area (TPSA) is 47.6 Å². The molecular weight excluding hydrogens is 414 g/mol. The number of rotatable bonds is 7. The summed E-state index contributed by atoms with van der Waals surface area (Å²) in [7, 11) is 0. The maximum absolute atomic E-state index is 11.9. The average molecular weight is 434 g/mol. The molecule has 7 heteroatoms. The van der Waals surface area contributed by atoms with Gasteiger partial charge < -0.3 is 14.8 Å². The van der Waals surface area contributed by atoms with E-state index in [2.05, 4.69) is 25.2 Å². The summed E-state index contributed by atoms with van der Waals surface area (Å²) >= 11 is 12.4. The Bertz CT molecular complexity index is 923. The maximum atomic E-state index is 11.9. The van der Waals surface area contributed by atoms with E-state index in [4.69, 9.17) is 33.3 Å². The highest BCUT2D eigenvalue weighted by Gasteiger charge is 2.22. The minimum absolute atomic E-state index is 0.206. The fraction of sp³-hybridized carbons (Fsp3) is 0.238. The van der Waals surface area contributed by atoms with Crippen molar-refractivity contribution in [2.24, 2.45) is 0 Å². The van der Waals surface area contributed by atoms with E-state index in [1.807, 2.05) is 12.1 Å². The van der Waals surface area contributed by atoms with Gasteiger partial charge in [-0.15, -0.1) is 0 Å². The zero-order valence-electron chi connectivity index (χ0n) is 15.6. The zero-order valence-corrected chi connectivity index (χ0v) is 18.0. The Labute approximate surface area is 179 Å². The van der Waals surface area contributed by atoms with E-state index in [1.165, 1.54) is 22.9 Å². The van der Waals surface area contributed by atoms with E-state index in [-0.39, 0.29) is 5.91 Å². The Morgan fingerprint density at radius 2 is 1.82 bits per heavy atom.